The van der Waals surface area contributed by atoms with Gasteiger partial charge in [0.15, 0.2) is 6.61 Å². The average molecular weight is 442 g/mol. The molecule has 3 heterocycles. The zero-order valence-corrected chi connectivity index (χ0v) is 18.3. The highest BCUT2D eigenvalue weighted by Crippen LogP contribution is 2.13. The first-order valence-electron chi connectivity index (χ1n) is 11.3. The number of piperazine rings is 1. The molecule has 1 atom stereocenters. The van der Waals surface area contributed by atoms with Crippen LogP contribution < -0.4 is 15.5 Å². The quantitative estimate of drug-likeness (QED) is 0.633. The number of ether oxygens (including phenoxy) is 2. The van der Waals surface area contributed by atoms with E-state index in [0.717, 1.165) is 52.2 Å². The van der Waals surface area contributed by atoms with Crippen LogP contribution in [-0.2, 0) is 22.6 Å². The molecule has 0 saturated carbocycles. The van der Waals surface area contributed by atoms with Crippen molar-refractivity contribution in [2.24, 2.45) is 0 Å². The zero-order chi connectivity index (χ0) is 22.2. The Kier molecular flexibility index (Phi) is 7.92. The summed E-state index contributed by atoms with van der Waals surface area (Å²) in [7, 11) is 0. The second kappa shape index (κ2) is 11.3. The molecule has 1 N–H and O–H groups in total. The summed E-state index contributed by atoms with van der Waals surface area (Å²) in [5.74, 6) is 0.368. The molecule has 2 fully saturated rings. The first-order valence-corrected chi connectivity index (χ1v) is 11.3. The Labute approximate surface area is 188 Å². The van der Waals surface area contributed by atoms with E-state index in [2.05, 4.69) is 39.4 Å². The molecule has 1 aromatic heterocycles. The lowest BCUT2D eigenvalue weighted by molar-refractivity contribution is -0.123. The van der Waals surface area contributed by atoms with Crippen LogP contribution in [-0.4, -0.2) is 67.7 Å². The fourth-order valence-electron chi connectivity index (χ4n) is 4.02. The van der Waals surface area contributed by atoms with Gasteiger partial charge in [-0.15, -0.1) is 0 Å². The van der Waals surface area contributed by atoms with Crippen LogP contribution in [0.5, 0.6) is 5.75 Å². The van der Waals surface area contributed by atoms with E-state index in [1.54, 1.807) is 0 Å². The van der Waals surface area contributed by atoms with Crippen LogP contribution >= 0.6 is 0 Å². The number of nitrogens with one attached hydrogen (secondary N) is 1. The topological polar surface area (TPSA) is 84.2 Å². The zero-order valence-electron chi connectivity index (χ0n) is 18.3. The summed E-state index contributed by atoms with van der Waals surface area (Å²) in [5.41, 5.74) is 1.05. The van der Waals surface area contributed by atoms with E-state index >= 15 is 0 Å². The van der Waals surface area contributed by atoms with Gasteiger partial charge < -0.3 is 19.2 Å². The Hall–Kier alpha value is -2.68. The van der Waals surface area contributed by atoms with E-state index in [0.29, 0.717) is 18.8 Å². The van der Waals surface area contributed by atoms with Crippen molar-refractivity contribution >= 4 is 5.91 Å². The third-order valence-corrected chi connectivity index (χ3v) is 5.86. The number of carbonyl (C=O) groups is 1. The number of benzene rings is 1. The highest BCUT2D eigenvalue weighted by Gasteiger charge is 2.19. The molecule has 8 heteroatoms. The van der Waals surface area contributed by atoms with E-state index in [1.165, 1.54) is 17.9 Å². The molecule has 172 valence electrons. The molecular weight excluding hydrogens is 410 g/mol. The van der Waals surface area contributed by atoms with Crippen LogP contribution in [0, 0.1) is 0 Å². The molecule has 2 saturated heterocycles. The third kappa shape index (κ3) is 6.66. The fourth-order valence-corrected chi connectivity index (χ4v) is 4.02. The minimum Gasteiger partial charge on any atom is -0.477 e. The van der Waals surface area contributed by atoms with Gasteiger partial charge in [-0.05, 0) is 18.4 Å². The van der Waals surface area contributed by atoms with Crippen LogP contribution in [0.15, 0.2) is 51.9 Å². The largest absolute Gasteiger partial charge is 0.477 e. The lowest BCUT2D eigenvalue weighted by Crippen LogP contribution is -2.45. The van der Waals surface area contributed by atoms with Crippen LogP contribution in [0.4, 0.5) is 0 Å². The Bertz CT molecular complexity index is 919. The van der Waals surface area contributed by atoms with E-state index in [1.807, 2.05) is 6.07 Å². The number of rotatable bonds is 9. The summed E-state index contributed by atoms with van der Waals surface area (Å²) >= 11 is 0. The van der Waals surface area contributed by atoms with E-state index in [4.69, 9.17) is 13.9 Å². The molecule has 4 rings (SSSR count). The van der Waals surface area contributed by atoms with Crippen molar-refractivity contribution in [3.63, 3.8) is 0 Å². The van der Waals surface area contributed by atoms with Gasteiger partial charge in [0.1, 0.15) is 12.0 Å². The number of hydrogen-bond donors (Lipinski definition) is 1. The van der Waals surface area contributed by atoms with Gasteiger partial charge in [0.25, 0.3) is 5.91 Å². The van der Waals surface area contributed by atoms with Gasteiger partial charge in [-0.25, -0.2) is 0 Å². The molecular formula is C24H31N3O5. The first kappa shape index (κ1) is 22.5. The molecule has 0 unspecified atom stereocenters. The summed E-state index contributed by atoms with van der Waals surface area (Å²) in [6.07, 6.45) is 3.35. The standard InChI is InChI=1S/C24H31N3O5/c28-22-13-21(16-27-10-8-26(9-11-27)15-19-5-2-1-3-6-19)31-17-23(22)32-18-24(29)25-14-20-7-4-12-30-20/h1-3,5-6,13,17,20H,4,7-12,14-16,18H2,(H,25,29)/t20-/m1/s1. The summed E-state index contributed by atoms with van der Waals surface area (Å²) in [6.45, 7) is 6.30. The van der Waals surface area contributed by atoms with Gasteiger partial charge in [0.05, 0.1) is 12.6 Å². The number of hydrogen-bond acceptors (Lipinski definition) is 7. The van der Waals surface area contributed by atoms with E-state index < -0.39 is 0 Å². The van der Waals surface area contributed by atoms with Crippen LogP contribution in [0.25, 0.3) is 0 Å². The lowest BCUT2D eigenvalue weighted by atomic mass is 10.2. The number of carbonyl (C=O) groups excluding carboxylic acids is 1. The SMILES string of the molecule is O=C(COc1coc(CN2CCN(Cc3ccccc3)CC2)cc1=O)NC[C@H]1CCCO1. The normalized spacial score (nSPS) is 19.7. The van der Waals surface area contributed by atoms with Crippen LogP contribution in [0.1, 0.15) is 24.2 Å². The monoisotopic (exact) mass is 441 g/mol. The highest BCUT2D eigenvalue weighted by molar-refractivity contribution is 5.77. The van der Waals surface area contributed by atoms with Gasteiger partial charge in [-0.1, -0.05) is 30.3 Å². The molecule has 0 aliphatic carbocycles. The van der Waals surface area contributed by atoms with Crippen molar-refractivity contribution in [1.82, 2.24) is 15.1 Å². The van der Waals surface area contributed by atoms with Crippen molar-refractivity contribution in [3.8, 4) is 5.75 Å². The molecule has 32 heavy (non-hydrogen) atoms. The lowest BCUT2D eigenvalue weighted by Gasteiger charge is -2.34. The van der Waals surface area contributed by atoms with Gasteiger partial charge in [-0.2, -0.15) is 0 Å². The second-order valence-electron chi connectivity index (χ2n) is 8.34. The van der Waals surface area contributed by atoms with Crippen LogP contribution in [0.3, 0.4) is 0 Å². The highest BCUT2D eigenvalue weighted by atomic mass is 16.5. The van der Waals surface area contributed by atoms with Gasteiger partial charge >= 0.3 is 0 Å². The second-order valence-corrected chi connectivity index (χ2v) is 8.34. The average Bonchev–Trinajstić information content (AvgIpc) is 3.33. The van der Waals surface area contributed by atoms with E-state index in [-0.39, 0.29) is 29.8 Å². The molecule has 8 nitrogen and oxygen atoms in total. The molecule has 2 aliphatic rings. The van der Waals surface area contributed by atoms with Gasteiger partial charge in [0, 0.05) is 51.9 Å². The maximum absolute atomic E-state index is 12.4. The first-order chi connectivity index (χ1) is 15.7. The molecule has 0 spiro atoms. The predicted molar refractivity (Wildman–Crippen MR) is 119 cm³/mol. The van der Waals surface area contributed by atoms with Crippen molar-refractivity contribution in [1.29, 1.82) is 0 Å². The fraction of sp³-hybridized carbons (Fsp3) is 0.500. The Morgan fingerprint density at radius 2 is 1.84 bits per heavy atom. The van der Waals surface area contributed by atoms with Gasteiger partial charge in [-0.3, -0.25) is 19.4 Å². The van der Waals surface area contributed by atoms with Crippen molar-refractivity contribution in [3.05, 3.63) is 64.2 Å². The smallest absolute Gasteiger partial charge is 0.258 e. The van der Waals surface area contributed by atoms with Crippen molar-refractivity contribution < 1.29 is 18.7 Å². The van der Waals surface area contributed by atoms with Crippen molar-refractivity contribution in [2.45, 2.75) is 32.0 Å². The summed E-state index contributed by atoms with van der Waals surface area (Å²) in [5, 5.41) is 2.77. The van der Waals surface area contributed by atoms with Crippen LogP contribution in [0.2, 0.25) is 0 Å². The molecule has 1 aromatic carbocycles. The van der Waals surface area contributed by atoms with Gasteiger partial charge in [0.2, 0.25) is 11.2 Å². The Morgan fingerprint density at radius 1 is 1.09 bits per heavy atom. The summed E-state index contributed by atoms with van der Waals surface area (Å²) in [6, 6.07) is 11.9. The number of nitrogens with zero attached hydrogens (tertiary/aromatic N) is 2. The maximum atomic E-state index is 12.4. The summed E-state index contributed by atoms with van der Waals surface area (Å²) < 4.78 is 16.4. The minimum atomic E-state index is -0.280. The summed E-state index contributed by atoms with van der Waals surface area (Å²) in [4.78, 5) is 29.0. The Balaban J connectivity index is 1.19. The molecule has 0 radical (unpaired) electrons. The molecule has 1 amide bonds. The number of amides is 1. The maximum Gasteiger partial charge on any atom is 0.258 e. The minimum absolute atomic E-state index is 0.0497. The predicted octanol–water partition coefficient (Wildman–Crippen LogP) is 1.63. The molecule has 2 aromatic rings. The third-order valence-electron chi connectivity index (χ3n) is 5.86. The Morgan fingerprint density at radius 3 is 2.53 bits per heavy atom. The van der Waals surface area contributed by atoms with E-state index in [9.17, 15) is 9.59 Å². The molecule has 2 aliphatic heterocycles. The van der Waals surface area contributed by atoms with Crippen molar-refractivity contribution in [2.75, 3.05) is 45.9 Å². The molecule has 0 bridgehead atoms.